The van der Waals surface area contributed by atoms with E-state index in [4.69, 9.17) is 4.74 Å². The normalized spacial score (nSPS) is 18.2. The highest BCUT2D eigenvalue weighted by molar-refractivity contribution is 5.99. The van der Waals surface area contributed by atoms with Gasteiger partial charge in [-0.2, -0.15) is 0 Å². The number of nitrogens with one attached hydrogen (secondary N) is 3. The van der Waals surface area contributed by atoms with E-state index in [0.29, 0.717) is 11.6 Å². The summed E-state index contributed by atoms with van der Waals surface area (Å²) in [6, 6.07) is 2.44. The summed E-state index contributed by atoms with van der Waals surface area (Å²) in [5, 5.41) is 7.64. The first kappa shape index (κ1) is 11.2. The van der Waals surface area contributed by atoms with E-state index in [1.54, 1.807) is 18.3 Å². The Kier molecular flexibility index (Phi) is 3.08. The van der Waals surface area contributed by atoms with E-state index in [0.717, 1.165) is 0 Å². The van der Waals surface area contributed by atoms with Gasteiger partial charge in [-0.3, -0.25) is 4.79 Å². The molecule has 0 spiro atoms. The van der Waals surface area contributed by atoms with Crippen molar-refractivity contribution in [2.45, 2.75) is 6.04 Å². The molecule has 1 aromatic rings. The molecule has 2 heterocycles. The van der Waals surface area contributed by atoms with E-state index in [-0.39, 0.29) is 18.5 Å². The molecular formula is C10H12N4O3. The summed E-state index contributed by atoms with van der Waals surface area (Å²) in [4.78, 5) is 26.6. The zero-order chi connectivity index (χ0) is 12.3. The smallest absolute Gasteiger partial charge is 0.315 e. The monoisotopic (exact) mass is 236 g/mol. The molecule has 90 valence electrons. The second kappa shape index (κ2) is 4.69. The molecule has 17 heavy (non-hydrogen) atoms. The molecule has 0 aromatic carbocycles. The van der Waals surface area contributed by atoms with Crippen LogP contribution in [0, 0.1) is 0 Å². The van der Waals surface area contributed by atoms with Gasteiger partial charge in [-0.1, -0.05) is 0 Å². The van der Waals surface area contributed by atoms with Crippen molar-refractivity contribution in [3.05, 3.63) is 18.3 Å². The fraction of sp³-hybridized carbons (Fsp3) is 0.300. The zero-order valence-corrected chi connectivity index (χ0v) is 9.19. The van der Waals surface area contributed by atoms with Crippen LogP contribution in [0.2, 0.25) is 0 Å². The van der Waals surface area contributed by atoms with Gasteiger partial charge < -0.3 is 20.7 Å². The largest absolute Gasteiger partial charge is 0.480 e. The van der Waals surface area contributed by atoms with Crippen molar-refractivity contribution in [1.82, 2.24) is 15.6 Å². The summed E-state index contributed by atoms with van der Waals surface area (Å²) in [5.41, 5.74) is 0.473. The quantitative estimate of drug-likeness (QED) is 0.672. The van der Waals surface area contributed by atoms with E-state index in [2.05, 4.69) is 20.9 Å². The topological polar surface area (TPSA) is 92.3 Å². The van der Waals surface area contributed by atoms with Gasteiger partial charge in [0.1, 0.15) is 11.7 Å². The van der Waals surface area contributed by atoms with Crippen molar-refractivity contribution in [3.63, 3.8) is 0 Å². The second-order valence-electron chi connectivity index (χ2n) is 3.46. The van der Waals surface area contributed by atoms with E-state index in [1.165, 1.54) is 7.11 Å². The van der Waals surface area contributed by atoms with Crippen molar-refractivity contribution in [1.29, 1.82) is 0 Å². The van der Waals surface area contributed by atoms with E-state index in [9.17, 15) is 9.59 Å². The number of hydrogen-bond donors (Lipinski definition) is 3. The van der Waals surface area contributed by atoms with Gasteiger partial charge in [-0.15, -0.1) is 0 Å². The highest BCUT2D eigenvalue weighted by Crippen LogP contribution is 2.19. The van der Waals surface area contributed by atoms with Crippen LogP contribution in [-0.4, -0.2) is 36.6 Å². The molecule has 0 aliphatic carbocycles. The third-order valence-electron chi connectivity index (χ3n) is 2.31. The molecule has 3 amide bonds. The lowest BCUT2D eigenvalue weighted by molar-refractivity contribution is -0.117. The Labute approximate surface area is 97.6 Å². The molecule has 0 saturated carbocycles. The fourth-order valence-corrected chi connectivity index (χ4v) is 1.48. The minimum atomic E-state index is -0.576. The lowest BCUT2D eigenvalue weighted by atomic mass is 10.3. The highest BCUT2D eigenvalue weighted by atomic mass is 16.5. The minimum absolute atomic E-state index is 0.271. The Morgan fingerprint density at radius 1 is 1.65 bits per heavy atom. The van der Waals surface area contributed by atoms with Crippen LogP contribution in [0.25, 0.3) is 0 Å². The van der Waals surface area contributed by atoms with Crippen LogP contribution in [0.3, 0.4) is 0 Å². The average Bonchev–Trinajstić information content (AvgIpc) is 2.77. The Bertz CT molecular complexity index is 449. The van der Waals surface area contributed by atoms with Crippen LogP contribution in [0.15, 0.2) is 18.3 Å². The van der Waals surface area contributed by atoms with Gasteiger partial charge in [-0.25, -0.2) is 9.78 Å². The van der Waals surface area contributed by atoms with Crippen molar-refractivity contribution in [2.24, 2.45) is 0 Å². The molecule has 1 fully saturated rings. The van der Waals surface area contributed by atoms with Gasteiger partial charge in [0.05, 0.1) is 7.11 Å². The molecule has 1 aliphatic heterocycles. The summed E-state index contributed by atoms with van der Waals surface area (Å²) < 4.78 is 5.00. The molecule has 1 atom stereocenters. The Morgan fingerprint density at radius 2 is 2.47 bits per heavy atom. The van der Waals surface area contributed by atoms with Crippen molar-refractivity contribution < 1.29 is 14.3 Å². The number of pyridine rings is 1. The second-order valence-corrected chi connectivity index (χ2v) is 3.46. The Morgan fingerprint density at radius 3 is 3.12 bits per heavy atom. The summed E-state index contributed by atoms with van der Waals surface area (Å²) in [6.45, 7) is 0.271. The number of aromatic nitrogens is 1. The first-order valence-electron chi connectivity index (χ1n) is 5.05. The molecule has 0 bridgehead atoms. The van der Waals surface area contributed by atoms with Gasteiger partial charge in [0.2, 0.25) is 11.8 Å². The molecule has 2 rings (SSSR count). The summed E-state index contributed by atoms with van der Waals surface area (Å²) in [7, 11) is 1.47. The predicted octanol–water partition coefficient (Wildman–Crippen LogP) is -0.290. The molecule has 7 nitrogen and oxygen atoms in total. The number of anilines is 1. The van der Waals surface area contributed by atoms with Gasteiger partial charge in [-0.05, 0) is 12.1 Å². The summed E-state index contributed by atoms with van der Waals surface area (Å²) in [6.07, 6.45) is 1.56. The average molecular weight is 236 g/mol. The number of rotatable bonds is 3. The van der Waals surface area contributed by atoms with Crippen molar-refractivity contribution in [3.8, 4) is 5.88 Å². The van der Waals surface area contributed by atoms with Crippen LogP contribution in [0.1, 0.15) is 0 Å². The Balaban J connectivity index is 2.05. The minimum Gasteiger partial charge on any atom is -0.480 e. The number of methoxy groups -OCH3 is 1. The Hall–Kier alpha value is -2.31. The van der Waals surface area contributed by atoms with E-state index >= 15 is 0 Å². The van der Waals surface area contributed by atoms with Gasteiger partial charge in [0.25, 0.3) is 0 Å². The third kappa shape index (κ3) is 2.44. The van der Waals surface area contributed by atoms with E-state index < -0.39 is 6.04 Å². The van der Waals surface area contributed by atoms with Crippen LogP contribution in [-0.2, 0) is 4.79 Å². The van der Waals surface area contributed by atoms with Gasteiger partial charge in [0, 0.05) is 12.7 Å². The first-order chi connectivity index (χ1) is 8.20. The molecule has 1 saturated heterocycles. The molecule has 3 N–H and O–H groups in total. The van der Waals surface area contributed by atoms with Gasteiger partial charge >= 0.3 is 6.03 Å². The molecule has 0 radical (unpaired) electrons. The number of hydrogen-bond acceptors (Lipinski definition) is 4. The highest BCUT2D eigenvalue weighted by Gasteiger charge is 2.27. The maximum absolute atomic E-state index is 11.8. The first-order valence-corrected chi connectivity index (χ1v) is 5.05. The maximum Gasteiger partial charge on any atom is 0.315 e. The lowest BCUT2D eigenvalue weighted by Crippen LogP contribution is -2.38. The zero-order valence-electron chi connectivity index (χ0n) is 9.19. The molecule has 1 aliphatic rings. The number of carbonyl (C=O) groups is 2. The van der Waals surface area contributed by atoms with Crippen LogP contribution in [0.5, 0.6) is 5.88 Å². The number of ether oxygens (including phenoxy) is 1. The van der Waals surface area contributed by atoms with E-state index in [1.807, 2.05) is 0 Å². The SMILES string of the molecule is COc1ncccc1NC(=O)C1CNC(=O)N1. The van der Waals surface area contributed by atoms with Crippen LogP contribution < -0.4 is 20.7 Å². The third-order valence-corrected chi connectivity index (χ3v) is 2.31. The number of nitrogens with zero attached hydrogens (tertiary/aromatic N) is 1. The molecule has 1 unspecified atom stereocenters. The summed E-state index contributed by atoms with van der Waals surface area (Å²) >= 11 is 0. The molecule has 1 aromatic heterocycles. The lowest BCUT2D eigenvalue weighted by Gasteiger charge is -2.11. The van der Waals surface area contributed by atoms with Crippen molar-refractivity contribution >= 4 is 17.6 Å². The predicted molar refractivity (Wildman–Crippen MR) is 59.7 cm³/mol. The van der Waals surface area contributed by atoms with Crippen molar-refractivity contribution in [2.75, 3.05) is 19.0 Å². The maximum atomic E-state index is 11.8. The summed E-state index contributed by atoms with van der Waals surface area (Å²) in [5.74, 6) is 0.0211. The number of carbonyl (C=O) groups excluding carboxylic acids is 2. The number of urea groups is 1. The standard InChI is InChI=1S/C10H12N4O3/c1-17-9-6(3-2-4-11-9)13-8(15)7-5-12-10(16)14-7/h2-4,7H,5H2,1H3,(H,13,15)(H2,12,14,16). The van der Waals surface area contributed by atoms with Crippen LogP contribution in [0.4, 0.5) is 10.5 Å². The molecule has 7 heteroatoms. The molecular weight excluding hydrogens is 224 g/mol. The van der Waals surface area contributed by atoms with Gasteiger partial charge in [0.15, 0.2) is 0 Å². The van der Waals surface area contributed by atoms with Crippen LogP contribution >= 0.6 is 0 Å². The fourth-order valence-electron chi connectivity index (χ4n) is 1.48. The number of amides is 3.